The topological polar surface area (TPSA) is 81.4 Å². The molecule has 9 heteroatoms. The van der Waals surface area contributed by atoms with Crippen molar-refractivity contribution in [3.8, 4) is 5.75 Å². The average molecular weight is 388 g/mol. The Bertz CT molecular complexity index is 839. The SMILES string of the molecule is NCCOc1cccc(CCNS(=O)(=O)c2ccccc2C(F)(F)F)c1. The summed E-state index contributed by atoms with van der Waals surface area (Å²) in [4.78, 5) is -0.785. The Kier molecular flexibility index (Phi) is 6.63. The van der Waals surface area contributed by atoms with Crippen molar-refractivity contribution in [3.63, 3.8) is 0 Å². The van der Waals surface area contributed by atoms with E-state index >= 15 is 0 Å². The summed E-state index contributed by atoms with van der Waals surface area (Å²) in [5, 5.41) is 0. The molecule has 0 aromatic heterocycles. The summed E-state index contributed by atoms with van der Waals surface area (Å²) in [6.07, 6.45) is -4.45. The highest BCUT2D eigenvalue weighted by Crippen LogP contribution is 2.33. The lowest BCUT2D eigenvalue weighted by molar-refractivity contribution is -0.139. The Morgan fingerprint density at radius 3 is 2.50 bits per heavy atom. The molecular weight excluding hydrogens is 369 g/mol. The molecule has 0 saturated carbocycles. The van der Waals surface area contributed by atoms with Crippen molar-refractivity contribution in [2.75, 3.05) is 19.7 Å². The molecule has 26 heavy (non-hydrogen) atoms. The van der Waals surface area contributed by atoms with Crippen molar-refractivity contribution in [1.82, 2.24) is 4.72 Å². The van der Waals surface area contributed by atoms with Crippen LogP contribution in [0.2, 0.25) is 0 Å². The first kappa shape index (κ1) is 20.2. The number of rotatable bonds is 8. The minimum atomic E-state index is -4.75. The molecule has 0 fully saturated rings. The van der Waals surface area contributed by atoms with Crippen LogP contribution in [0.1, 0.15) is 11.1 Å². The first-order valence-electron chi connectivity index (χ1n) is 7.82. The van der Waals surface area contributed by atoms with Crippen LogP contribution in [0.15, 0.2) is 53.4 Å². The zero-order chi connectivity index (χ0) is 19.2. The quantitative estimate of drug-likeness (QED) is 0.728. The van der Waals surface area contributed by atoms with Crippen molar-refractivity contribution in [2.45, 2.75) is 17.5 Å². The second kappa shape index (κ2) is 8.52. The van der Waals surface area contributed by atoms with Crippen molar-refractivity contribution in [3.05, 3.63) is 59.7 Å². The molecule has 3 N–H and O–H groups in total. The van der Waals surface area contributed by atoms with Gasteiger partial charge in [-0.25, -0.2) is 13.1 Å². The fraction of sp³-hybridized carbons (Fsp3) is 0.294. The zero-order valence-electron chi connectivity index (χ0n) is 13.8. The highest BCUT2D eigenvalue weighted by atomic mass is 32.2. The van der Waals surface area contributed by atoms with Gasteiger partial charge in [0.15, 0.2) is 0 Å². The first-order chi connectivity index (χ1) is 12.2. The Morgan fingerprint density at radius 1 is 1.08 bits per heavy atom. The summed E-state index contributed by atoms with van der Waals surface area (Å²) < 4.78 is 71.1. The number of hydrogen-bond acceptors (Lipinski definition) is 4. The summed E-state index contributed by atoms with van der Waals surface area (Å²) in [6, 6.07) is 11.1. The molecule has 0 saturated heterocycles. The number of hydrogen-bond donors (Lipinski definition) is 2. The van der Waals surface area contributed by atoms with Gasteiger partial charge in [-0.3, -0.25) is 0 Å². The van der Waals surface area contributed by atoms with E-state index in [4.69, 9.17) is 10.5 Å². The van der Waals surface area contributed by atoms with Gasteiger partial charge < -0.3 is 10.5 Å². The van der Waals surface area contributed by atoms with Gasteiger partial charge in [0.25, 0.3) is 0 Å². The van der Waals surface area contributed by atoms with Gasteiger partial charge in [0, 0.05) is 13.1 Å². The maximum Gasteiger partial charge on any atom is 0.417 e. The van der Waals surface area contributed by atoms with E-state index < -0.39 is 26.7 Å². The van der Waals surface area contributed by atoms with Gasteiger partial charge in [0.1, 0.15) is 12.4 Å². The number of ether oxygens (including phenoxy) is 1. The third kappa shape index (κ3) is 5.45. The molecule has 0 aliphatic rings. The molecule has 2 aromatic rings. The highest BCUT2D eigenvalue weighted by Gasteiger charge is 2.36. The summed E-state index contributed by atoms with van der Waals surface area (Å²) >= 11 is 0. The number of alkyl halides is 3. The van der Waals surface area contributed by atoms with Crippen molar-refractivity contribution < 1.29 is 26.3 Å². The van der Waals surface area contributed by atoms with Crippen LogP contribution >= 0.6 is 0 Å². The van der Waals surface area contributed by atoms with Gasteiger partial charge in [-0.15, -0.1) is 0 Å². The molecule has 0 amide bonds. The van der Waals surface area contributed by atoms with Crippen LogP contribution in [0, 0.1) is 0 Å². The summed E-state index contributed by atoms with van der Waals surface area (Å²) in [7, 11) is -4.29. The predicted octanol–water partition coefficient (Wildman–Crippen LogP) is 2.56. The maximum absolute atomic E-state index is 13.0. The Labute approximate surface area is 150 Å². The zero-order valence-corrected chi connectivity index (χ0v) is 14.6. The lowest BCUT2D eigenvalue weighted by Crippen LogP contribution is -2.28. The van der Waals surface area contributed by atoms with Gasteiger partial charge in [-0.05, 0) is 36.2 Å². The fourth-order valence-corrected chi connectivity index (χ4v) is 3.57. The summed E-state index contributed by atoms with van der Waals surface area (Å²) in [5.74, 6) is 0.596. The molecule has 2 aromatic carbocycles. The molecule has 0 unspecified atom stereocenters. The number of halogens is 3. The van der Waals surface area contributed by atoms with Gasteiger partial charge in [-0.2, -0.15) is 13.2 Å². The third-order valence-corrected chi connectivity index (χ3v) is 4.99. The Hall–Kier alpha value is -2.10. The summed E-state index contributed by atoms with van der Waals surface area (Å²) in [5.41, 5.74) is 4.95. The van der Waals surface area contributed by atoms with Crippen LogP contribution < -0.4 is 15.2 Å². The average Bonchev–Trinajstić information content (AvgIpc) is 2.59. The lowest BCUT2D eigenvalue weighted by atomic mass is 10.1. The monoisotopic (exact) mass is 388 g/mol. The number of sulfonamides is 1. The molecule has 0 spiro atoms. The first-order valence-corrected chi connectivity index (χ1v) is 9.30. The predicted molar refractivity (Wildman–Crippen MR) is 91.3 cm³/mol. The molecule has 0 atom stereocenters. The van der Waals surface area contributed by atoms with Crippen molar-refractivity contribution in [1.29, 1.82) is 0 Å². The van der Waals surface area contributed by atoms with E-state index in [-0.39, 0.29) is 6.54 Å². The van der Waals surface area contributed by atoms with Crippen molar-refractivity contribution >= 4 is 10.0 Å². The van der Waals surface area contributed by atoms with Crippen LogP contribution in [0.5, 0.6) is 5.75 Å². The van der Waals surface area contributed by atoms with E-state index in [2.05, 4.69) is 4.72 Å². The molecule has 0 aliphatic heterocycles. The van der Waals surface area contributed by atoms with Crippen LogP contribution in [0.3, 0.4) is 0 Å². The van der Waals surface area contributed by atoms with Gasteiger partial charge in [0.2, 0.25) is 10.0 Å². The molecule has 5 nitrogen and oxygen atoms in total. The number of nitrogens with two attached hydrogens (primary N) is 1. The largest absolute Gasteiger partial charge is 0.492 e. The van der Waals surface area contributed by atoms with Crippen LogP contribution in [0.4, 0.5) is 13.2 Å². The molecule has 0 bridgehead atoms. The third-order valence-electron chi connectivity index (χ3n) is 3.47. The molecule has 2 rings (SSSR count). The highest BCUT2D eigenvalue weighted by molar-refractivity contribution is 7.89. The molecule has 0 radical (unpaired) electrons. The summed E-state index contributed by atoms with van der Waals surface area (Å²) in [6.45, 7) is 0.668. The van der Waals surface area contributed by atoms with E-state index in [0.717, 1.165) is 23.8 Å². The minimum absolute atomic E-state index is 0.0468. The van der Waals surface area contributed by atoms with Crippen LogP contribution in [-0.2, 0) is 22.6 Å². The van der Waals surface area contributed by atoms with Crippen molar-refractivity contribution in [2.24, 2.45) is 5.73 Å². The fourth-order valence-electron chi connectivity index (χ4n) is 2.31. The van der Waals surface area contributed by atoms with E-state index in [1.54, 1.807) is 24.3 Å². The normalized spacial score (nSPS) is 12.2. The lowest BCUT2D eigenvalue weighted by Gasteiger charge is -2.14. The minimum Gasteiger partial charge on any atom is -0.492 e. The number of benzene rings is 2. The van der Waals surface area contributed by atoms with Crippen LogP contribution in [0.25, 0.3) is 0 Å². The van der Waals surface area contributed by atoms with E-state index in [1.165, 1.54) is 6.07 Å². The molecule has 142 valence electrons. The maximum atomic E-state index is 13.0. The second-order valence-corrected chi connectivity index (χ2v) is 7.16. The Morgan fingerprint density at radius 2 is 1.81 bits per heavy atom. The molecular formula is C17H19F3N2O3S. The van der Waals surface area contributed by atoms with Gasteiger partial charge in [0.05, 0.1) is 10.5 Å². The number of nitrogens with one attached hydrogen (secondary N) is 1. The van der Waals surface area contributed by atoms with E-state index in [1.807, 2.05) is 0 Å². The smallest absolute Gasteiger partial charge is 0.417 e. The second-order valence-electron chi connectivity index (χ2n) is 5.43. The van der Waals surface area contributed by atoms with E-state index in [9.17, 15) is 21.6 Å². The molecule has 0 aliphatic carbocycles. The van der Waals surface area contributed by atoms with Gasteiger partial charge in [-0.1, -0.05) is 24.3 Å². The van der Waals surface area contributed by atoms with E-state index in [0.29, 0.717) is 25.3 Å². The Balaban J connectivity index is 2.06. The molecule has 0 heterocycles. The van der Waals surface area contributed by atoms with Crippen LogP contribution in [-0.4, -0.2) is 28.1 Å². The standard InChI is InChI=1S/C17H19F3N2O3S/c18-17(19,20)15-6-1-2-7-16(15)26(23,24)22-10-8-13-4-3-5-14(12-13)25-11-9-21/h1-7,12,22H,8-11,21H2. The van der Waals surface area contributed by atoms with Gasteiger partial charge >= 0.3 is 6.18 Å².